The van der Waals surface area contributed by atoms with E-state index < -0.39 is 0 Å². The molecule has 0 aromatic carbocycles. The van der Waals surface area contributed by atoms with E-state index in [2.05, 4.69) is 37.9 Å². The molecule has 1 aliphatic carbocycles. The van der Waals surface area contributed by atoms with E-state index in [1.54, 1.807) is 0 Å². The Balaban J connectivity index is 1.92. The molecule has 0 aromatic rings. The Kier molecular flexibility index (Phi) is 4.91. The van der Waals surface area contributed by atoms with E-state index in [1.165, 1.54) is 38.8 Å². The van der Waals surface area contributed by atoms with Gasteiger partial charge in [-0.25, -0.2) is 0 Å². The molecule has 0 bridgehead atoms. The fraction of sp³-hybridized carbons (Fsp3) is 1.00. The molecule has 1 saturated heterocycles. The molecule has 3 nitrogen and oxygen atoms in total. The van der Waals surface area contributed by atoms with Crippen LogP contribution >= 0.6 is 0 Å². The summed E-state index contributed by atoms with van der Waals surface area (Å²) in [6.45, 7) is 14.4. The highest BCUT2D eigenvalue weighted by Gasteiger charge is 2.37. The van der Waals surface area contributed by atoms with Gasteiger partial charge in [0.05, 0.1) is 12.2 Å². The molecule has 0 unspecified atom stereocenters. The van der Waals surface area contributed by atoms with Gasteiger partial charge in [-0.15, -0.1) is 0 Å². The van der Waals surface area contributed by atoms with Crippen LogP contribution in [0.1, 0.15) is 53.4 Å². The SMILES string of the molecule is CC(C)NCC1(CN2CCOC(C)(C)C2)CCCC1. The van der Waals surface area contributed by atoms with Crippen LogP contribution in [0.25, 0.3) is 0 Å². The lowest BCUT2D eigenvalue weighted by Crippen LogP contribution is -2.53. The van der Waals surface area contributed by atoms with E-state index in [0.29, 0.717) is 11.5 Å². The summed E-state index contributed by atoms with van der Waals surface area (Å²) in [5.74, 6) is 0. The number of nitrogens with one attached hydrogen (secondary N) is 1. The molecule has 0 atom stereocenters. The number of hydrogen-bond donors (Lipinski definition) is 1. The van der Waals surface area contributed by atoms with Crippen LogP contribution in [0.4, 0.5) is 0 Å². The molecular formula is C16H32N2O. The van der Waals surface area contributed by atoms with E-state index in [0.717, 1.165) is 19.7 Å². The second kappa shape index (κ2) is 6.11. The predicted octanol–water partition coefficient (Wildman–Crippen LogP) is 2.66. The number of morpholine rings is 1. The van der Waals surface area contributed by atoms with Crippen molar-refractivity contribution in [3.05, 3.63) is 0 Å². The summed E-state index contributed by atoms with van der Waals surface area (Å²) in [6, 6.07) is 0.596. The van der Waals surface area contributed by atoms with Crippen LogP contribution in [0.5, 0.6) is 0 Å². The average Bonchev–Trinajstić information content (AvgIpc) is 2.74. The van der Waals surface area contributed by atoms with Gasteiger partial charge in [0.25, 0.3) is 0 Å². The Morgan fingerprint density at radius 3 is 2.47 bits per heavy atom. The zero-order chi connectivity index (χ0) is 13.9. The maximum Gasteiger partial charge on any atom is 0.0753 e. The second-order valence-corrected chi connectivity index (χ2v) is 7.56. The van der Waals surface area contributed by atoms with Crippen LogP contribution < -0.4 is 5.32 Å². The molecule has 0 spiro atoms. The molecule has 2 aliphatic rings. The van der Waals surface area contributed by atoms with Crippen molar-refractivity contribution in [2.24, 2.45) is 5.41 Å². The van der Waals surface area contributed by atoms with E-state index in [1.807, 2.05) is 0 Å². The molecule has 0 radical (unpaired) electrons. The van der Waals surface area contributed by atoms with Crippen LogP contribution in [-0.2, 0) is 4.74 Å². The summed E-state index contributed by atoms with van der Waals surface area (Å²) in [5.41, 5.74) is 0.543. The van der Waals surface area contributed by atoms with Crippen molar-refractivity contribution in [1.29, 1.82) is 0 Å². The lowest BCUT2D eigenvalue weighted by molar-refractivity contribution is -0.0941. The molecule has 112 valence electrons. The average molecular weight is 268 g/mol. The number of hydrogen-bond acceptors (Lipinski definition) is 3. The normalized spacial score (nSPS) is 27.0. The van der Waals surface area contributed by atoms with Gasteiger partial charge in [0, 0.05) is 32.2 Å². The minimum atomic E-state index is 0.0313. The molecule has 1 heterocycles. The first kappa shape index (κ1) is 15.3. The first-order chi connectivity index (χ1) is 8.91. The largest absolute Gasteiger partial charge is 0.373 e. The lowest BCUT2D eigenvalue weighted by Gasteiger charge is -2.43. The Morgan fingerprint density at radius 1 is 1.21 bits per heavy atom. The van der Waals surface area contributed by atoms with Gasteiger partial charge in [-0.1, -0.05) is 26.7 Å². The summed E-state index contributed by atoms with van der Waals surface area (Å²) in [4.78, 5) is 2.64. The molecule has 2 rings (SSSR count). The van der Waals surface area contributed by atoms with Gasteiger partial charge < -0.3 is 10.1 Å². The molecule has 0 aromatic heterocycles. The van der Waals surface area contributed by atoms with Gasteiger partial charge in [0.1, 0.15) is 0 Å². The van der Waals surface area contributed by atoms with Crippen LogP contribution in [0.3, 0.4) is 0 Å². The Labute approximate surface area is 119 Å². The highest BCUT2D eigenvalue weighted by molar-refractivity contribution is 4.92. The topological polar surface area (TPSA) is 24.5 Å². The minimum Gasteiger partial charge on any atom is -0.373 e. The zero-order valence-corrected chi connectivity index (χ0v) is 13.3. The highest BCUT2D eigenvalue weighted by Crippen LogP contribution is 2.39. The van der Waals surface area contributed by atoms with E-state index >= 15 is 0 Å². The minimum absolute atomic E-state index is 0.0313. The Bertz CT molecular complexity index is 282. The van der Waals surface area contributed by atoms with Crippen molar-refractivity contribution in [1.82, 2.24) is 10.2 Å². The van der Waals surface area contributed by atoms with Crippen LogP contribution in [0, 0.1) is 5.41 Å². The molecular weight excluding hydrogens is 236 g/mol. The summed E-state index contributed by atoms with van der Waals surface area (Å²) in [5, 5.41) is 3.68. The fourth-order valence-corrected chi connectivity index (χ4v) is 3.66. The maximum atomic E-state index is 5.83. The van der Waals surface area contributed by atoms with Crippen molar-refractivity contribution in [3.63, 3.8) is 0 Å². The summed E-state index contributed by atoms with van der Waals surface area (Å²) >= 11 is 0. The number of rotatable bonds is 5. The van der Waals surface area contributed by atoms with E-state index in [-0.39, 0.29) is 5.60 Å². The monoisotopic (exact) mass is 268 g/mol. The molecule has 2 fully saturated rings. The first-order valence-corrected chi connectivity index (χ1v) is 8.01. The van der Waals surface area contributed by atoms with Crippen molar-refractivity contribution in [2.75, 3.05) is 32.8 Å². The Hall–Kier alpha value is -0.120. The molecule has 1 N–H and O–H groups in total. The standard InChI is InChI=1S/C16H32N2O/c1-14(2)17-11-16(7-5-6-8-16)13-18-9-10-19-15(3,4)12-18/h14,17H,5-13H2,1-4H3. The van der Waals surface area contributed by atoms with Crippen LogP contribution in [0.2, 0.25) is 0 Å². The quantitative estimate of drug-likeness (QED) is 0.829. The van der Waals surface area contributed by atoms with Crippen molar-refractivity contribution in [2.45, 2.75) is 65.0 Å². The Morgan fingerprint density at radius 2 is 1.89 bits per heavy atom. The molecule has 19 heavy (non-hydrogen) atoms. The van der Waals surface area contributed by atoms with Gasteiger partial charge in [0.15, 0.2) is 0 Å². The van der Waals surface area contributed by atoms with Crippen LogP contribution in [0.15, 0.2) is 0 Å². The summed E-state index contributed by atoms with van der Waals surface area (Å²) in [6.07, 6.45) is 5.61. The molecule has 1 saturated carbocycles. The van der Waals surface area contributed by atoms with Gasteiger partial charge in [0.2, 0.25) is 0 Å². The van der Waals surface area contributed by atoms with Crippen molar-refractivity contribution < 1.29 is 4.74 Å². The third-order valence-electron chi connectivity index (χ3n) is 4.61. The smallest absolute Gasteiger partial charge is 0.0753 e. The van der Waals surface area contributed by atoms with Gasteiger partial charge in [-0.05, 0) is 32.1 Å². The number of ether oxygens (including phenoxy) is 1. The first-order valence-electron chi connectivity index (χ1n) is 8.01. The highest BCUT2D eigenvalue weighted by atomic mass is 16.5. The molecule has 1 aliphatic heterocycles. The van der Waals surface area contributed by atoms with E-state index in [9.17, 15) is 0 Å². The summed E-state index contributed by atoms with van der Waals surface area (Å²) < 4.78 is 5.83. The van der Waals surface area contributed by atoms with Crippen molar-refractivity contribution >= 4 is 0 Å². The zero-order valence-electron chi connectivity index (χ0n) is 13.3. The second-order valence-electron chi connectivity index (χ2n) is 7.56. The summed E-state index contributed by atoms with van der Waals surface area (Å²) in [7, 11) is 0. The van der Waals surface area contributed by atoms with Gasteiger partial charge >= 0.3 is 0 Å². The van der Waals surface area contributed by atoms with E-state index in [4.69, 9.17) is 4.74 Å². The van der Waals surface area contributed by atoms with Gasteiger partial charge in [-0.2, -0.15) is 0 Å². The molecule has 0 amide bonds. The third kappa shape index (κ3) is 4.44. The maximum absolute atomic E-state index is 5.83. The lowest BCUT2D eigenvalue weighted by atomic mass is 9.84. The predicted molar refractivity (Wildman–Crippen MR) is 80.5 cm³/mol. The molecule has 3 heteroatoms. The number of nitrogens with zero attached hydrogens (tertiary/aromatic N) is 1. The van der Waals surface area contributed by atoms with Crippen molar-refractivity contribution in [3.8, 4) is 0 Å². The van der Waals surface area contributed by atoms with Crippen LogP contribution in [-0.4, -0.2) is 49.3 Å². The van der Waals surface area contributed by atoms with Gasteiger partial charge in [-0.3, -0.25) is 4.90 Å². The third-order valence-corrected chi connectivity index (χ3v) is 4.61. The fourth-order valence-electron chi connectivity index (χ4n) is 3.66.